The Balaban J connectivity index is 1.23. The third-order valence-corrected chi connectivity index (χ3v) is 7.22. The fourth-order valence-corrected chi connectivity index (χ4v) is 5.20. The molecule has 166 valence electrons. The Hall–Kier alpha value is -3.15. The molecule has 6 heteroatoms. The minimum absolute atomic E-state index is 0.0190. The summed E-state index contributed by atoms with van der Waals surface area (Å²) in [6.45, 7) is 3.44. The molecule has 1 aliphatic carbocycles. The summed E-state index contributed by atoms with van der Waals surface area (Å²) in [5.41, 5.74) is 4.52. The predicted octanol–water partition coefficient (Wildman–Crippen LogP) is 3.87. The van der Waals surface area contributed by atoms with Crippen molar-refractivity contribution in [3.05, 3.63) is 65.5 Å². The Morgan fingerprint density at radius 3 is 2.81 bits per heavy atom. The molecule has 1 fully saturated rings. The summed E-state index contributed by atoms with van der Waals surface area (Å²) in [4.78, 5) is 35.8. The van der Waals surface area contributed by atoms with Crippen LogP contribution in [-0.4, -0.2) is 45.8 Å². The molecule has 1 aromatic heterocycles. The van der Waals surface area contributed by atoms with E-state index >= 15 is 0 Å². The monoisotopic (exact) mass is 430 g/mol. The van der Waals surface area contributed by atoms with Crippen molar-refractivity contribution >= 4 is 22.8 Å². The number of H-pyrrole nitrogens is 1. The van der Waals surface area contributed by atoms with Crippen molar-refractivity contribution in [2.75, 3.05) is 13.1 Å². The van der Waals surface area contributed by atoms with Gasteiger partial charge in [-0.2, -0.15) is 0 Å². The van der Waals surface area contributed by atoms with Gasteiger partial charge in [0.25, 0.3) is 5.91 Å². The highest BCUT2D eigenvalue weighted by atomic mass is 16.2. The highest BCUT2D eigenvalue weighted by molar-refractivity contribution is 6.04. The van der Waals surface area contributed by atoms with Crippen LogP contribution in [0.25, 0.3) is 11.0 Å². The van der Waals surface area contributed by atoms with Gasteiger partial charge in [-0.05, 0) is 61.8 Å². The molecule has 1 saturated heterocycles. The average Bonchev–Trinajstić information content (AvgIpc) is 3.17. The average molecular weight is 431 g/mol. The number of likely N-dealkylation sites (tertiary alicyclic amines) is 1. The molecule has 2 aliphatic rings. The van der Waals surface area contributed by atoms with Gasteiger partial charge in [-0.15, -0.1) is 0 Å². The van der Waals surface area contributed by atoms with Crippen LogP contribution in [-0.2, 0) is 17.6 Å². The van der Waals surface area contributed by atoms with Gasteiger partial charge in [0.1, 0.15) is 5.52 Å². The van der Waals surface area contributed by atoms with Crippen molar-refractivity contribution in [2.45, 2.75) is 51.5 Å². The summed E-state index contributed by atoms with van der Waals surface area (Å²) in [5.74, 6) is 0.170. The fraction of sp³-hybridized carbons (Fsp3) is 0.423. The molecule has 2 heterocycles. The molecule has 5 rings (SSSR count). The lowest BCUT2D eigenvalue weighted by molar-refractivity contribution is -0.131. The molecule has 2 amide bonds. The van der Waals surface area contributed by atoms with Crippen LogP contribution < -0.4 is 5.32 Å². The van der Waals surface area contributed by atoms with E-state index in [0.29, 0.717) is 18.7 Å². The van der Waals surface area contributed by atoms with E-state index < -0.39 is 0 Å². The highest BCUT2D eigenvalue weighted by Crippen LogP contribution is 2.35. The SMILES string of the molecule is CC1(C(=O)NC2CCCN(C(=O)c3cccc4[nH]cnc34)CC2)CCc2ccccc2C1. The lowest BCUT2D eigenvalue weighted by atomic mass is 9.72. The first-order valence-corrected chi connectivity index (χ1v) is 11.6. The maximum Gasteiger partial charge on any atom is 0.256 e. The number of rotatable bonds is 3. The van der Waals surface area contributed by atoms with Crippen LogP contribution in [0.3, 0.4) is 0 Å². The Labute approximate surface area is 188 Å². The second kappa shape index (κ2) is 8.41. The number of fused-ring (bicyclic) bond motifs is 2. The maximum absolute atomic E-state index is 13.3. The molecule has 0 saturated carbocycles. The van der Waals surface area contributed by atoms with Crippen LogP contribution in [0.1, 0.15) is 54.1 Å². The molecular formula is C26H30N4O2. The van der Waals surface area contributed by atoms with Gasteiger partial charge in [-0.25, -0.2) is 4.98 Å². The molecule has 1 aliphatic heterocycles. The lowest BCUT2D eigenvalue weighted by Gasteiger charge is -2.35. The smallest absolute Gasteiger partial charge is 0.256 e. The number of benzene rings is 2. The van der Waals surface area contributed by atoms with Crippen LogP contribution in [0.15, 0.2) is 48.8 Å². The Bertz CT molecular complexity index is 1150. The quantitative estimate of drug-likeness (QED) is 0.662. The zero-order valence-corrected chi connectivity index (χ0v) is 18.6. The second-order valence-corrected chi connectivity index (χ2v) is 9.50. The van der Waals surface area contributed by atoms with Crippen LogP contribution in [0.2, 0.25) is 0 Å². The number of nitrogens with one attached hydrogen (secondary N) is 2. The summed E-state index contributed by atoms with van der Waals surface area (Å²) in [7, 11) is 0. The van der Waals surface area contributed by atoms with Gasteiger partial charge < -0.3 is 15.2 Å². The second-order valence-electron chi connectivity index (χ2n) is 9.50. The number of nitrogens with zero attached hydrogens (tertiary/aromatic N) is 2. The predicted molar refractivity (Wildman–Crippen MR) is 124 cm³/mol. The van der Waals surface area contributed by atoms with E-state index in [-0.39, 0.29) is 23.3 Å². The summed E-state index contributed by atoms with van der Waals surface area (Å²) in [6, 6.07) is 14.2. The first-order chi connectivity index (χ1) is 15.5. The number of hydrogen-bond donors (Lipinski definition) is 2. The number of aromatic nitrogens is 2. The first-order valence-electron chi connectivity index (χ1n) is 11.6. The Morgan fingerprint density at radius 2 is 1.94 bits per heavy atom. The molecule has 2 N–H and O–H groups in total. The molecular weight excluding hydrogens is 400 g/mol. The molecule has 0 spiro atoms. The van der Waals surface area contributed by atoms with E-state index in [2.05, 4.69) is 46.5 Å². The highest BCUT2D eigenvalue weighted by Gasteiger charge is 2.37. The number of aromatic amines is 1. The number of para-hydroxylation sites is 1. The molecule has 2 atom stereocenters. The minimum atomic E-state index is -0.369. The van der Waals surface area contributed by atoms with Gasteiger partial charge in [-0.1, -0.05) is 37.3 Å². The normalized spacial score (nSPS) is 23.4. The molecule has 0 bridgehead atoms. The topological polar surface area (TPSA) is 78.1 Å². The van der Waals surface area contributed by atoms with E-state index in [1.165, 1.54) is 11.1 Å². The third kappa shape index (κ3) is 3.90. The number of imidazole rings is 1. The largest absolute Gasteiger partial charge is 0.353 e. The van der Waals surface area contributed by atoms with Crippen LogP contribution in [0.5, 0.6) is 0 Å². The number of hydrogen-bond acceptors (Lipinski definition) is 3. The standard InChI is InChI=1S/C26H30N4O2/c1-26(13-11-18-6-2-3-7-19(18)16-26)25(32)29-20-8-5-14-30(15-12-20)24(31)21-9-4-10-22-23(21)28-17-27-22/h2-4,6-7,9-10,17,20H,5,8,11-16H2,1H3,(H,27,28)(H,29,32). The zero-order valence-electron chi connectivity index (χ0n) is 18.6. The van der Waals surface area contributed by atoms with Crippen molar-refractivity contribution in [1.82, 2.24) is 20.2 Å². The molecule has 32 heavy (non-hydrogen) atoms. The van der Waals surface area contributed by atoms with Crippen molar-refractivity contribution in [3.8, 4) is 0 Å². The molecule has 6 nitrogen and oxygen atoms in total. The molecule has 0 radical (unpaired) electrons. The van der Waals surface area contributed by atoms with E-state index in [9.17, 15) is 9.59 Å². The minimum Gasteiger partial charge on any atom is -0.353 e. The molecule has 2 unspecified atom stereocenters. The van der Waals surface area contributed by atoms with Crippen LogP contribution in [0.4, 0.5) is 0 Å². The number of carbonyl (C=O) groups is 2. The van der Waals surface area contributed by atoms with Crippen LogP contribution >= 0.6 is 0 Å². The summed E-state index contributed by atoms with van der Waals surface area (Å²) >= 11 is 0. The lowest BCUT2D eigenvalue weighted by Crippen LogP contribution is -2.47. The van der Waals surface area contributed by atoms with Gasteiger partial charge in [0, 0.05) is 19.1 Å². The van der Waals surface area contributed by atoms with E-state index in [0.717, 1.165) is 49.6 Å². The van der Waals surface area contributed by atoms with Crippen molar-refractivity contribution < 1.29 is 9.59 Å². The third-order valence-electron chi connectivity index (χ3n) is 7.22. The maximum atomic E-state index is 13.3. The van der Waals surface area contributed by atoms with Crippen LogP contribution in [0, 0.1) is 5.41 Å². The Morgan fingerprint density at radius 1 is 1.09 bits per heavy atom. The van der Waals surface area contributed by atoms with E-state index in [4.69, 9.17) is 0 Å². The van der Waals surface area contributed by atoms with E-state index in [1.54, 1.807) is 6.33 Å². The summed E-state index contributed by atoms with van der Waals surface area (Å²) in [6.07, 6.45) is 6.80. The van der Waals surface area contributed by atoms with Crippen molar-refractivity contribution in [1.29, 1.82) is 0 Å². The van der Waals surface area contributed by atoms with Gasteiger partial charge in [0.15, 0.2) is 0 Å². The van der Waals surface area contributed by atoms with Gasteiger partial charge in [-0.3, -0.25) is 9.59 Å². The van der Waals surface area contributed by atoms with E-state index in [1.807, 2.05) is 23.1 Å². The van der Waals surface area contributed by atoms with Gasteiger partial charge in [0.05, 0.1) is 22.8 Å². The first kappa shape index (κ1) is 20.7. The zero-order chi connectivity index (χ0) is 22.1. The number of amides is 2. The van der Waals surface area contributed by atoms with Gasteiger partial charge >= 0.3 is 0 Å². The molecule has 3 aromatic rings. The van der Waals surface area contributed by atoms with Crippen molar-refractivity contribution in [3.63, 3.8) is 0 Å². The summed E-state index contributed by atoms with van der Waals surface area (Å²) in [5, 5.41) is 3.33. The molecule has 2 aromatic carbocycles. The Kier molecular flexibility index (Phi) is 5.45. The summed E-state index contributed by atoms with van der Waals surface area (Å²) < 4.78 is 0. The van der Waals surface area contributed by atoms with Gasteiger partial charge in [0.2, 0.25) is 5.91 Å². The number of aryl methyl sites for hydroxylation is 1. The fourth-order valence-electron chi connectivity index (χ4n) is 5.20. The van der Waals surface area contributed by atoms with Crippen molar-refractivity contribution in [2.24, 2.45) is 5.41 Å². The number of carbonyl (C=O) groups excluding carboxylic acids is 2.